The van der Waals surface area contributed by atoms with Crippen LogP contribution in [0, 0.1) is 0 Å². The lowest BCUT2D eigenvalue weighted by molar-refractivity contribution is 0.0597. The molecule has 0 aliphatic carbocycles. The highest BCUT2D eigenvalue weighted by Crippen LogP contribution is 2.39. The Morgan fingerprint density at radius 2 is 1.83 bits per heavy atom. The fourth-order valence-corrected chi connectivity index (χ4v) is 4.78. The van der Waals surface area contributed by atoms with E-state index in [-0.39, 0.29) is 17.4 Å². The minimum atomic E-state index is -0.567. The Labute approximate surface area is 211 Å². The van der Waals surface area contributed by atoms with Gasteiger partial charge >= 0.3 is 5.97 Å². The van der Waals surface area contributed by atoms with E-state index in [2.05, 4.69) is 52.7 Å². The summed E-state index contributed by atoms with van der Waals surface area (Å²) >= 11 is 0. The third-order valence-electron chi connectivity index (χ3n) is 6.63. The minimum absolute atomic E-state index is 0.0275. The van der Waals surface area contributed by atoms with Crippen molar-refractivity contribution < 1.29 is 19.4 Å². The largest absolute Gasteiger partial charge is 0.507 e. The molecule has 0 spiro atoms. The van der Waals surface area contributed by atoms with Gasteiger partial charge in [0.05, 0.1) is 19.3 Å². The van der Waals surface area contributed by atoms with Crippen molar-refractivity contribution >= 4 is 28.1 Å². The van der Waals surface area contributed by atoms with Gasteiger partial charge in [0, 0.05) is 5.69 Å². The van der Waals surface area contributed by atoms with Gasteiger partial charge in [-0.15, -0.1) is 0 Å². The molecule has 0 radical (unpaired) electrons. The van der Waals surface area contributed by atoms with Crippen LogP contribution in [0.5, 0.6) is 11.5 Å². The van der Waals surface area contributed by atoms with Crippen LogP contribution in [0.3, 0.4) is 0 Å². The second-order valence-electron chi connectivity index (χ2n) is 8.94. The van der Waals surface area contributed by atoms with Gasteiger partial charge in [-0.25, -0.2) is 4.79 Å². The number of carbonyl (C=O) groups excluding carboxylic acids is 1. The van der Waals surface area contributed by atoms with Gasteiger partial charge < -0.3 is 24.8 Å². The summed E-state index contributed by atoms with van der Waals surface area (Å²) in [6.07, 6.45) is 1.77. The fraction of sp³-hybridized carbons (Fsp3) is 0.233. The number of carbonyl (C=O) groups is 1. The smallest absolute Gasteiger partial charge is 0.341 e. The molecule has 1 atom stereocenters. The number of para-hydroxylation sites is 2. The summed E-state index contributed by atoms with van der Waals surface area (Å²) in [6.45, 7) is 2.35. The van der Waals surface area contributed by atoms with E-state index in [1.807, 2.05) is 30.3 Å². The normalized spacial score (nSPS) is 14.8. The summed E-state index contributed by atoms with van der Waals surface area (Å²) in [5, 5.41) is 16.3. The maximum absolute atomic E-state index is 12.1. The summed E-state index contributed by atoms with van der Waals surface area (Å²) < 4.78 is 11.1. The molecule has 1 heterocycles. The number of phenols is 1. The first kappa shape index (κ1) is 23.7. The van der Waals surface area contributed by atoms with Crippen molar-refractivity contribution in [3.05, 3.63) is 96.1 Å². The summed E-state index contributed by atoms with van der Waals surface area (Å²) in [7, 11) is 1.31. The first-order valence-electron chi connectivity index (χ1n) is 12.3. The van der Waals surface area contributed by atoms with Crippen LogP contribution >= 0.6 is 0 Å². The van der Waals surface area contributed by atoms with E-state index in [1.54, 1.807) is 6.07 Å². The number of ether oxygens (including phenoxy) is 2. The Morgan fingerprint density at radius 1 is 1.03 bits per heavy atom. The van der Waals surface area contributed by atoms with Crippen molar-refractivity contribution in [1.82, 2.24) is 5.32 Å². The standard InChI is InChI=1S/C30H30N2O4/c1-35-30(34)26-19-23(13-14-28(26)33)32-20-24(36-29-12-5-4-11-27(29)32)16-18-31-17-15-22-9-6-8-21-7-2-3-10-25(21)22/h2-14,19,24,31,33H,15-18,20H2,1H3/t24-/m1/s1. The van der Waals surface area contributed by atoms with Gasteiger partial charge in [0.25, 0.3) is 0 Å². The number of nitrogens with one attached hydrogen (secondary N) is 1. The highest BCUT2D eigenvalue weighted by atomic mass is 16.5. The van der Waals surface area contributed by atoms with Crippen molar-refractivity contribution in [2.75, 3.05) is 31.6 Å². The van der Waals surface area contributed by atoms with Crippen LogP contribution in [-0.4, -0.2) is 43.9 Å². The molecular formula is C30H30N2O4. The lowest BCUT2D eigenvalue weighted by Crippen LogP contribution is -2.39. The van der Waals surface area contributed by atoms with Gasteiger partial charge in [0.2, 0.25) is 0 Å². The van der Waals surface area contributed by atoms with Gasteiger partial charge in [-0.2, -0.15) is 0 Å². The molecule has 4 aromatic carbocycles. The second kappa shape index (κ2) is 10.7. The number of phenolic OH excluding ortho intramolecular Hbond substituents is 1. The average molecular weight is 483 g/mol. The molecule has 4 aromatic rings. The van der Waals surface area contributed by atoms with Crippen molar-refractivity contribution in [3.63, 3.8) is 0 Å². The monoisotopic (exact) mass is 482 g/mol. The lowest BCUT2D eigenvalue weighted by Gasteiger charge is -2.36. The van der Waals surface area contributed by atoms with Crippen LogP contribution < -0.4 is 15.0 Å². The number of hydrogen-bond donors (Lipinski definition) is 2. The lowest BCUT2D eigenvalue weighted by atomic mass is 10.0. The zero-order chi connectivity index (χ0) is 24.9. The third-order valence-corrected chi connectivity index (χ3v) is 6.63. The number of esters is 1. The van der Waals surface area contributed by atoms with E-state index in [0.717, 1.165) is 43.1 Å². The van der Waals surface area contributed by atoms with Crippen molar-refractivity contribution in [2.45, 2.75) is 18.9 Å². The highest BCUT2D eigenvalue weighted by molar-refractivity contribution is 5.94. The Kier molecular flexibility index (Phi) is 7.05. The maximum Gasteiger partial charge on any atom is 0.341 e. The molecule has 0 bridgehead atoms. The van der Waals surface area contributed by atoms with E-state index in [1.165, 1.54) is 29.5 Å². The molecule has 0 amide bonds. The summed E-state index contributed by atoms with van der Waals surface area (Å²) in [5.74, 6) is 0.138. The summed E-state index contributed by atoms with van der Waals surface area (Å²) in [5.41, 5.74) is 3.23. The number of nitrogens with zero attached hydrogens (tertiary/aromatic N) is 1. The maximum atomic E-state index is 12.1. The van der Waals surface area contributed by atoms with Crippen molar-refractivity contribution in [1.29, 1.82) is 0 Å². The number of hydrogen-bond acceptors (Lipinski definition) is 6. The minimum Gasteiger partial charge on any atom is -0.507 e. The molecule has 0 fully saturated rings. The van der Waals surface area contributed by atoms with E-state index >= 15 is 0 Å². The zero-order valence-corrected chi connectivity index (χ0v) is 20.3. The number of aromatic hydroxyl groups is 1. The van der Waals surface area contributed by atoms with Gasteiger partial charge in [0.1, 0.15) is 23.2 Å². The van der Waals surface area contributed by atoms with Crippen LogP contribution in [0.2, 0.25) is 0 Å². The number of benzene rings is 4. The van der Waals surface area contributed by atoms with Gasteiger partial charge in [-0.05, 0) is 72.6 Å². The van der Waals surface area contributed by atoms with Crippen LogP contribution in [0.1, 0.15) is 22.3 Å². The van der Waals surface area contributed by atoms with Gasteiger partial charge in [-0.3, -0.25) is 0 Å². The number of fused-ring (bicyclic) bond motifs is 2. The Bertz CT molecular complexity index is 1360. The second-order valence-corrected chi connectivity index (χ2v) is 8.94. The molecule has 1 aliphatic heterocycles. The molecule has 1 aliphatic rings. The quantitative estimate of drug-likeness (QED) is 0.257. The Balaban J connectivity index is 1.24. The predicted octanol–water partition coefficient (Wildman–Crippen LogP) is 5.45. The average Bonchev–Trinajstić information content (AvgIpc) is 2.92. The van der Waals surface area contributed by atoms with Crippen LogP contribution in [0.15, 0.2) is 84.9 Å². The van der Waals surface area contributed by atoms with Gasteiger partial charge in [-0.1, -0.05) is 54.6 Å². The fourth-order valence-electron chi connectivity index (χ4n) is 4.78. The Hall–Kier alpha value is -4.03. The van der Waals surface area contributed by atoms with E-state index in [0.29, 0.717) is 6.54 Å². The van der Waals surface area contributed by atoms with Crippen LogP contribution in [0.4, 0.5) is 11.4 Å². The predicted molar refractivity (Wildman–Crippen MR) is 142 cm³/mol. The van der Waals surface area contributed by atoms with Crippen molar-refractivity contribution in [3.8, 4) is 11.5 Å². The first-order valence-corrected chi connectivity index (χ1v) is 12.3. The molecule has 36 heavy (non-hydrogen) atoms. The van der Waals surface area contributed by atoms with E-state index in [4.69, 9.17) is 9.47 Å². The van der Waals surface area contributed by atoms with Crippen molar-refractivity contribution in [2.24, 2.45) is 0 Å². The molecule has 6 heteroatoms. The first-order chi connectivity index (χ1) is 17.6. The summed E-state index contributed by atoms with van der Waals surface area (Å²) in [4.78, 5) is 14.3. The molecule has 0 saturated heterocycles. The number of anilines is 2. The summed E-state index contributed by atoms with van der Waals surface area (Å²) in [6, 6.07) is 27.9. The molecule has 6 nitrogen and oxygen atoms in total. The molecule has 2 N–H and O–H groups in total. The third kappa shape index (κ3) is 4.99. The number of rotatable bonds is 8. The SMILES string of the molecule is COC(=O)c1cc(N2C[C@@H](CCNCCc3cccc4ccccc34)Oc3ccccc32)ccc1O. The molecule has 0 unspecified atom stereocenters. The molecular weight excluding hydrogens is 452 g/mol. The van der Waals surface area contributed by atoms with E-state index < -0.39 is 5.97 Å². The van der Waals surface area contributed by atoms with E-state index in [9.17, 15) is 9.90 Å². The topological polar surface area (TPSA) is 71.0 Å². The number of methoxy groups -OCH3 is 1. The molecule has 0 saturated carbocycles. The van der Waals surface area contributed by atoms with Gasteiger partial charge in [0.15, 0.2) is 0 Å². The highest BCUT2D eigenvalue weighted by Gasteiger charge is 2.27. The molecule has 184 valence electrons. The van der Waals surface area contributed by atoms with Crippen LogP contribution in [-0.2, 0) is 11.2 Å². The van der Waals surface area contributed by atoms with Crippen LogP contribution in [0.25, 0.3) is 10.8 Å². The zero-order valence-electron chi connectivity index (χ0n) is 20.3. The Morgan fingerprint density at radius 3 is 2.72 bits per heavy atom. The molecule has 5 rings (SSSR count). The molecule has 0 aromatic heterocycles.